The summed E-state index contributed by atoms with van der Waals surface area (Å²) in [5, 5.41) is 14.1. The molecule has 1 amide bonds. The topological polar surface area (TPSA) is 84.2 Å². The van der Waals surface area contributed by atoms with E-state index < -0.39 is 0 Å². The van der Waals surface area contributed by atoms with Gasteiger partial charge in [-0.25, -0.2) is 4.98 Å². The first-order valence-corrected chi connectivity index (χ1v) is 6.43. The summed E-state index contributed by atoms with van der Waals surface area (Å²) in [6.45, 7) is 3.10. The summed E-state index contributed by atoms with van der Waals surface area (Å²) in [4.78, 5) is 15.7. The van der Waals surface area contributed by atoms with Gasteiger partial charge >= 0.3 is 0 Å². The number of fused-ring (bicyclic) bond motifs is 1. The van der Waals surface area contributed by atoms with Gasteiger partial charge in [-0.05, 0) is 19.8 Å². The fraction of sp³-hybridized carbons (Fsp3) is 0.500. The van der Waals surface area contributed by atoms with Gasteiger partial charge in [0, 0.05) is 31.4 Å². The molecule has 0 unspecified atom stereocenters. The molecule has 0 spiro atoms. The Hall–Kier alpha value is -2.18. The van der Waals surface area contributed by atoms with Crippen LogP contribution in [0.15, 0.2) is 12.4 Å². The normalized spacial score (nSPS) is 14.6. The number of aromatic nitrogens is 4. The highest BCUT2D eigenvalue weighted by atomic mass is 16.2. The molecule has 0 saturated heterocycles. The molecule has 0 bridgehead atoms. The second-order valence-electron chi connectivity index (χ2n) is 4.71. The molecule has 0 atom stereocenters. The van der Waals surface area contributed by atoms with Gasteiger partial charge in [0.25, 0.3) is 0 Å². The molecule has 2 N–H and O–H groups in total. The molecule has 0 aromatic carbocycles. The lowest BCUT2D eigenvalue weighted by Crippen LogP contribution is -2.30. The third-order valence-corrected chi connectivity index (χ3v) is 3.16. The van der Waals surface area contributed by atoms with Gasteiger partial charge < -0.3 is 10.6 Å². The Kier molecular flexibility index (Phi) is 3.02. The van der Waals surface area contributed by atoms with Gasteiger partial charge in [-0.15, -0.1) is 10.2 Å². The highest BCUT2D eigenvalue weighted by Gasteiger charge is 2.28. The quantitative estimate of drug-likeness (QED) is 0.759. The molecule has 7 heteroatoms. The van der Waals surface area contributed by atoms with E-state index in [1.807, 2.05) is 17.5 Å². The Labute approximate surface area is 110 Å². The maximum Gasteiger partial charge on any atom is 0.223 e. The summed E-state index contributed by atoms with van der Waals surface area (Å²) in [7, 11) is 0. The maximum absolute atomic E-state index is 11.5. The lowest BCUT2D eigenvalue weighted by atomic mass is 10.4. The van der Waals surface area contributed by atoms with Crippen LogP contribution < -0.4 is 10.6 Å². The number of nitrogens with one attached hydrogen (secondary N) is 2. The monoisotopic (exact) mass is 260 g/mol. The minimum absolute atomic E-state index is 0.159. The molecule has 2 heterocycles. The molecule has 0 radical (unpaired) electrons. The van der Waals surface area contributed by atoms with Gasteiger partial charge in [0.15, 0.2) is 5.82 Å². The highest BCUT2D eigenvalue weighted by molar-refractivity contribution is 5.80. The maximum atomic E-state index is 11.5. The van der Waals surface area contributed by atoms with Gasteiger partial charge in [0.2, 0.25) is 11.6 Å². The van der Waals surface area contributed by atoms with Crippen molar-refractivity contribution in [3.63, 3.8) is 0 Å². The SMILES string of the molecule is Cc1nnc2c(NCCNC(=O)C3CC3)nccn12. The Morgan fingerprint density at radius 1 is 1.42 bits per heavy atom. The van der Waals surface area contributed by atoms with Crippen molar-refractivity contribution in [2.45, 2.75) is 19.8 Å². The van der Waals surface area contributed by atoms with E-state index >= 15 is 0 Å². The van der Waals surface area contributed by atoms with Gasteiger partial charge in [-0.2, -0.15) is 0 Å². The molecule has 3 rings (SSSR count). The lowest BCUT2D eigenvalue weighted by molar-refractivity contribution is -0.122. The van der Waals surface area contributed by atoms with Crippen LogP contribution in [0, 0.1) is 12.8 Å². The number of nitrogens with zero attached hydrogens (tertiary/aromatic N) is 4. The van der Waals surface area contributed by atoms with Crippen molar-refractivity contribution in [3.05, 3.63) is 18.2 Å². The van der Waals surface area contributed by atoms with Crippen molar-refractivity contribution in [1.29, 1.82) is 0 Å². The average Bonchev–Trinajstić information content (AvgIpc) is 3.20. The van der Waals surface area contributed by atoms with E-state index in [2.05, 4.69) is 25.8 Å². The lowest BCUT2D eigenvalue weighted by Gasteiger charge is -2.07. The van der Waals surface area contributed by atoms with Gasteiger partial charge in [-0.1, -0.05) is 0 Å². The first-order chi connectivity index (χ1) is 9.25. The van der Waals surface area contributed by atoms with E-state index in [9.17, 15) is 4.79 Å². The van der Waals surface area contributed by atoms with Crippen molar-refractivity contribution < 1.29 is 4.79 Å². The third kappa shape index (κ3) is 2.49. The zero-order chi connectivity index (χ0) is 13.2. The first-order valence-electron chi connectivity index (χ1n) is 6.43. The molecule has 1 aliphatic rings. The zero-order valence-electron chi connectivity index (χ0n) is 10.8. The second-order valence-corrected chi connectivity index (χ2v) is 4.71. The van der Waals surface area contributed by atoms with E-state index in [1.54, 1.807) is 6.20 Å². The Balaban J connectivity index is 1.57. The van der Waals surface area contributed by atoms with Crippen LogP contribution in [-0.4, -0.2) is 38.6 Å². The number of hydrogen-bond acceptors (Lipinski definition) is 5. The summed E-state index contributed by atoms with van der Waals surface area (Å²) >= 11 is 0. The molecule has 2 aromatic rings. The van der Waals surface area contributed by atoms with Crippen molar-refractivity contribution >= 4 is 17.4 Å². The van der Waals surface area contributed by atoms with Crippen molar-refractivity contribution in [1.82, 2.24) is 24.9 Å². The van der Waals surface area contributed by atoms with Crippen molar-refractivity contribution in [2.75, 3.05) is 18.4 Å². The fourth-order valence-electron chi connectivity index (χ4n) is 1.92. The van der Waals surface area contributed by atoms with E-state index in [-0.39, 0.29) is 11.8 Å². The van der Waals surface area contributed by atoms with Crippen LogP contribution in [0.3, 0.4) is 0 Å². The highest BCUT2D eigenvalue weighted by Crippen LogP contribution is 2.28. The predicted molar refractivity (Wildman–Crippen MR) is 69.7 cm³/mol. The Bertz CT molecular complexity index is 603. The van der Waals surface area contributed by atoms with Crippen LogP contribution in [0.4, 0.5) is 5.82 Å². The minimum Gasteiger partial charge on any atom is -0.365 e. The van der Waals surface area contributed by atoms with Crippen LogP contribution in [0.1, 0.15) is 18.7 Å². The molecule has 1 aliphatic carbocycles. The number of anilines is 1. The number of aryl methyl sites for hydroxylation is 1. The molecule has 0 aliphatic heterocycles. The number of carbonyl (C=O) groups excluding carboxylic acids is 1. The zero-order valence-corrected chi connectivity index (χ0v) is 10.8. The molecule has 1 saturated carbocycles. The van der Waals surface area contributed by atoms with Crippen LogP contribution in [0.2, 0.25) is 0 Å². The van der Waals surface area contributed by atoms with Crippen LogP contribution in [0.25, 0.3) is 5.65 Å². The Morgan fingerprint density at radius 3 is 3.05 bits per heavy atom. The smallest absolute Gasteiger partial charge is 0.223 e. The van der Waals surface area contributed by atoms with E-state index in [0.717, 1.165) is 18.7 Å². The molecule has 100 valence electrons. The second kappa shape index (κ2) is 4.83. The molecular formula is C12H16N6O. The number of carbonyl (C=O) groups is 1. The summed E-state index contributed by atoms with van der Waals surface area (Å²) in [5.41, 5.74) is 0.702. The van der Waals surface area contributed by atoms with E-state index in [4.69, 9.17) is 0 Å². The molecule has 19 heavy (non-hydrogen) atoms. The Morgan fingerprint density at radius 2 is 2.26 bits per heavy atom. The largest absolute Gasteiger partial charge is 0.365 e. The average molecular weight is 260 g/mol. The third-order valence-electron chi connectivity index (χ3n) is 3.16. The molecular weight excluding hydrogens is 244 g/mol. The fourth-order valence-corrected chi connectivity index (χ4v) is 1.92. The predicted octanol–water partition coefficient (Wildman–Crippen LogP) is 0.371. The van der Waals surface area contributed by atoms with Crippen molar-refractivity contribution in [2.24, 2.45) is 5.92 Å². The van der Waals surface area contributed by atoms with Crippen LogP contribution >= 0.6 is 0 Å². The summed E-state index contributed by atoms with van der Waals surface area (Å²) in [5.74, 6) is 1.92. The molecule has 2 aromatic heterocycles. The van der Waals surface area contributed by atoms with E-state index in [0.29, 0.717) is 24.6 Å². The summed E-state index contributed by atoms with van der Waals surface area (Å²) in [6, 6.07) is 0. The summed E-state index contributed by atoms with van der Waals surface area (Å²) < 4.78 is 1.87. The number of rotatable bonds is 5. The number of hydrogen-bond donors (Lipinski definition) is 2. The van der Waals surface area contributed by atoms with Crippen molar-refractivity contribution in [3.8, 4) is 0 Å². The standard InChI is InChI=1S/C12H16N6O/c1-8-16-17-11-10(14-6-7-18(8)11)13-4-5-15-12(19)9-2-3-9/h6-7,9H,2-5H2,1H3,(H,13,14)(H,15,19). The molecule has 1 fully saturated rings. The van der Waals surface area contributed by atoms with Crippen LogP contribution in [0.5, 0.6) is 0 Å². The van der Waals surface area contributed by atoms with Gasteiger partial charge in [0.1, 0.15) is 5.82 Å². The first kappa shape index (κ1) is 11.9. The van der Waals surface area contributed by atoms with E-state index in [1.165, 1.54) is 0 Å². The minimum atomic E-state index is 0.159. The molecule has 7 nitrogen and oxygen atoms in total. The number of amides is 1. The van der Waals surface area contributed by atoms with Gasteiger partial charge in [-0.3, -0.25) is 9.20 Å². The summed E-state index contributed by atoms with van der Waals surface area (Å²) in [6.07, 6.45) is 5.58. The van der Waals surface area contributed by atoms with Gasteiger partial charge in [0.05, 0.1) is 0 Å². The van der Waals surface area contributed by atoms with Crippen LogP contribution in [-0.2, 0) is 4.79 Å².